The molecule has 1 heterocycles. The summed E-state index contributed by atoms with van der Waals surface area (Å²) in [5.74, 6) is -0.612. The molecule has 19 heavy (non-hydrogen) atoms. The third-order valence-electron chi connectivity index (χ3n) is 2.86. The number of aryl methyl sites for hydroxylation is 2. The summed E-state index contributed by atoms with van der Waals surface area (Å²) < 4.78 is 10.3. The minimum absolute atomic E-state index is 0.405. The van der Waals surface area contributed by atoms with Crippen molar-refractivity contribution in [2.75, 3.05) is 6.61 Å². The van der Waals surface area contributed by atoms with Crippen LogP contribution in [0.1, 0.15) is 18.1 Å². The molecule has 5 heteroatoms. The number of carboxylic acids is 1. The van der Waals surface area contributed by atoms with E-state index in [9.17, 15) is 9.59 Å². The zero-order valence-corrected chi connectivity index (χ0v) is 10.7. The van der Waals surface area contributed by atoms with Crippen LogP contribution in [0.4, 0.5) is 0 Å². The summed E-state index contributed by atoms with van der Waals surface area (Å²) in [6, 6.07) is 4.87. The molecule has 2 rings (SSSR count). The maximum absolute atomic E-state index is 11.3. The topological polar surface area (TPSA) is 76.7 Å². The van der Waals surface area contributed by atoms with Crippen molar-refractivity contribution in [2.24, 2.45) is 0 Å². The number of carbonyl (C=O) groups is 1. The minimum Gasteiger partial charge on any atom is -0.481 e. The summed E-state index contributed by atoms with van der Waals surface area (Å²) in [5, 5.41) is 9.47. The van der Waals surface area contributed by atoms with Gasteiger partial charge in [0.1, 0.15) is 11.3 Å². The van der Waals surface area contributed by atoms with Gasteiger partial charge in [-0.05, 0) is 30.5 Å². The van der Waals surface area contributed by atoms with E-state index < -0.39 is 18.2 Å². The number of fused-ring (bicyclic) bond motifs is 1. The maximum atomic E-state index is 11.3. The van der Waals surface area contributed by atoms with Gasteiger partial charge < -0.3 is 14.3 Å². The molecule has 0 fully saturated rings. The van der Waals surface area contributed by atoms with Crippen LogP contribution in [0.3, 0.4) is 0 Å². The molecule has 0 unspecified atom stereocenters. The van der Waals surface area contributed by atoms with Gasteiger partial charge in [-0.1, -0.05) is 6.92 Å². The lowest BCUT2D eigenvalue weighted by atomic mass is 10.1. The third kappa shape index (κ3) is 2.76. The average molecular weight is 262 g/mol. The van der Waals surface area contributed by atoms with Crippen LogP contribution < -0.4 is 10.4 Å². The lowest BCUT2D eigenvalue weighted by molar-refractivity contribution is -0.139. The fraction of sp³-hybridized carbons (Fsp3) is 0.286. The SMILES string of the molecule is CCc1cc2c(C)cc(=O)oc2cc1OCC(=O)O. The second kappa shape index (κ2) is 5.14. The number of rotatable bonds is 4. The molecule has 0 radical (unpaired) electrons. The predicted molar refractivity (Wildman–Crippen MR) is 69.7 cm³/mol. The van der Waals surface area contributed by atoms with Crippen molar-refractivity contribution in [1.29, 1.82) is 0 Å². The van der Waals surface area contributed by atoms with E-state index in [4.69, 9.17) is 14.3 Å². The second-order valence-electron chi connectivity index (χ2n) is 4.24. The number of aliphatic carboxylic acids is 1. The van der Waals surface area contributed by atoms with Crippen molar-refractivity contribution >= 4 is 16.9 Å². The van der Waals surface area contributed by atoms with Gasteiger partial charge in [-0.3, -0.25) is 0 Å². The molecule has 2 aromatic rings. The van der Waals surface area contributed by atoms with E-state index in [1.165, 1.54) is 6.07 Å². The van der Waals surface area contributed by atoms with Gasteiger partial charge in [-0.2, -0.15) is 0 Å². The number of hydrogen-bond donors (Lipinski definition) is 1. The summed E-state index contributed by atoms with van der Waals surface area (Å²) in [4.78, 5) is 21.9. The Labute approximate surface area is 109 Å². The van der Waals surface area contributed by atoms with E-state index >= 15 is 0 Å². The summed E-state index contributed by atoms with van der Waals surface area (Å²) >= 11 is 0. The number of ether oxygens (including phenoxy) is 1. The molecule has 0 saturated carbocycles. The number of hydrogen-bond acceptors (Lipinski definition) is 4. The lowest BCUT2D eigenvalue weighted by Gasteiger charge is -2.10. The molecule has 0 amide bonds. The van der Waals surface area contributed by atoms with Crippen LogP contribution in [0.15, 0.2) is 27.4 Å². The first kappa shape index (κ1) is 13.1. The highest BCUT2D eigenvalue weighted by Crippen LogP contribution is 2.27. The smallest absolute Gasteiger partial charge is 0.341 e. The van der Waals surface area contributed by atoms with Crippen LogP contribution in [0.25, 0.3) is 11.0 Å². The van der Waals surface area contributed by atoms with Gasteiger partial charge in [0.25, 0.3) is 0 Å². The van der Waals surface area contributed by atoms with Gasteiger partial charge in [0, 0.05) is 17.5 Å². The Hall–Kier alpha value is -2.30. The zero-order chi connectivity index (χ0) is 14.0. The van der Waals surface area contributed by atoms with Gasteiger partial charge in [0.2, 0.25) is 0 Å². The molecular formula is C14H14O5. The molecule has 0 saturated heterocycles. The summed E-state index contributed by atoms with van der Waals surface area (Å²) in [6.07, 6.45) is 0.698. The Morgan fingerprint density at radius 3 is 2.74 bits per heavy atom. The van der Waals surface area contributed by atoms with E-state index in [1.54, 1.807) is 6.07 Å². The molecule has 1 N–H and O–H groups in total. The first-order chi connectivity index (χ1) is 9.01. The monoisotopic (exact) mass is 262 g/mol. The van der Waals surface area contributed by atoms with E-state index in [0.717, 1.165) is 16.5 Å². The van der Waals surface area contributed by atoms with E-state index in [-0.39, 0.29) is 0 Å². The molecule has 0 atom stereocenters. The maximum Gasteiger partial charge on any atom is 0.341 e. The Balaban J connectivity index is 2.57. The van der Waals surface area contributed by atoms with Gasteiger partial charge in [-0.15, -0.1) is 0 Å². The van der Waals surface area contributed by atoms with E-state index in [2.05, 4.69) is 0 Å². The second-order valence-corrected chi connectivity index (χ2v) is 4.24. The predicted octanol–water partition coefficient (Wildman–Crippen LogP) is 2.13. The Morgan fingerprint density at radius 2 is 2.11 bits per heavy atom. The van der Waals surface area contributed by atoms with Gasteiger partial charge in [-0.25, -0.2) is 9.59 Å². The summed E-state index contributed by atoms with van der Waals surface area (Å²) in [7, 11) is 0. The Morgan fingerprint density at radius 1 is 1.37 bits per heavy atom. The van der Waals surface area contributed by atoms with Crippen molar-refractivity contribution in [3.63, 3.8) is 0 Å². The first-order valence-electron chi connectivity index (χ1n) is 5.93. The highest BCUT2D eigenvalue weighted by Gasteiger charge is 2.10. The fourth-order valence-electron chi connectivity index (χ4n) is 1.94. The van der Waals surface area contributed by atoms with Crippen molar-refractivity contribution in [2.45, 2.75) is 20.3 Å². The van der Waals surface area contributed by atoms with Crippen LogP contribution in [0.5, 0.6) is 5.75 Å². The molecule has 0 aliphatic rings. The Kier molecular flexibility index (Phi) is 3.55. The van der Waals surface area contributed by atoms with Crippen LogP contribution in [0, 0.1) is 6.92 Å². The van der Waals surface area contributed by atoms with Crippen LogP contribution in [0.2, 0.25) is 0 Å². The molecule has 0 bridgehead atoms. The Bertz CT molecular complexity index is 684. The van der Waals surface area contributed by atoms with Gasteiger partial charge in [0.05, 0.1) is 0 Å². The van der Waals surface area contributed by atoms with Crippen molar-refractivity contribution < 1.29 is 19.1 Å². The summed E-state index contributed by atoms with van der Waals surface area (Å²) in [6.45, 7) is 3.36. The van der Waals surface area contributed by atoms with Crippen LogP contribution in [-0.2, 0) is 11.2 Å². The molecule has 100 valence electrons. The summed E-state index contributed by atoms with van der Waals surface area (Å²) in [5.41, 5.74) is 1.68. The fourth-order valence-corrected chi connectivity index (χ4v) is 1.94. The number of benzene rings is 1. The van der Waals surface area contributed by atoms with Crippen LogP contribution in [-0.4, -0.2) is 17.7 Å². The lowest BCUT2D eigenvalue weighted by Crippen LogP contribution is -2.10. The molecular weight excluding hydrogens is 248 g/mol. The first-order valence-corrected chi connectivity index (χ1v) is 5.93. The highest BCUT2D eigenvalue weighted by molar-refractivity contribution is 5.82. The standard InChI is InChI=1S/C14H14O5/c1-3-9-5-10-8(2)4-14(17)19-12(10)6-11(9)18-7-13(15)16/h4-6H,3,7H2,1-2H3,(H,15,16). The van der Waals surface area contributed by atoms with E-state index in [1.807, 2.05) is 19.9 Å². The van der Waals surface area contributed by atoms with Gasteiger partial charge in [0.15, 0.2) is 6.61 Å². The van der Waals surface area contributed by atoms with Crippen molar-refractivity contribution in [3.8, 4) is 5.75 Å². The zero-order valence-electron chi connectivity index (χ0n) is 10.7. The van der Waals surface area contributed by atoms with Crippen LogP contribution >= 0.6 is 0 Å². The molecule has 1 aromatic heterocycles. The van der Waals surface area contributed by atoms with E-state index in [0.29, 0.717) is 17.8 Å². The largest absolute Gasteiger partial charge is 0.481 e. The molecule has 0 aliphatic carbocycles. The molecule has 1 aromatic carbocycles. The average Bonchev–Trinajstić information content (AvgIpc) is 2.35. The quantitative estimate of drug-likeness (QED) is 0.854. The third-order valence-corrected chi connectivity index (χ3v) is 2.86. The molecule has 5 nitrogen and oxygen atoms in total. The number of carboxylic acid groups (broad SMARTS) is 1. The molecule has 0 aliphatic heterocycles. The van der Waals surface area contributed by atoms with Gasteiger partial charge >= 0.3 is 11.6 Å². The normalized spacial score (nSPS) is 10.6. The highest BCUT2D eigenvalue weighted by atomic mass is 16.5. The molecule has 0 spiro atoms. The van der Waals surface area contributed by atoms with Crippen molar-refractivity contribution in [3.05, 3.63) is 39.7 Å². The minimum atomic E-state index is -1.05. The van der Waals surface area contributed by atoms with Crippen molar-refractivity contribution in [1.82, 2.24) is 0 Å².